The maximum atomic E-state index is 9.07. The normalized spacial score (nSPS) is 10.8. The highest BCUT2D eigenvalue weighted by Crippen LogP contribution is 2.07. The van der Waals surface area contributed by atoms with Crippen LogP contribution in [0.25, 0.3) is 0 Å². The van der Waals surface area contributed by atoms with Gasteiger partial charge in [-0.05, 0) is 13.3 Å². The monoisotopic (exact) mass is 185 g/mol. The average Bonchev–Trinajstić information content (AvgIpc) is 2.20. The summed E-state index contributed by atoms with van der Waals surface area (Å²) in [4.78, 5) is 0. The van der Waals surface area contributed by atoms with Gasteiger partial charge >= 0.3 is 0 Å². The van der Waals surface area contributed by atoms with Gasteiger partial charge in [0.05, 0.1) is 18.8 Å². The van der Waals surface area contributed by atoms with Gasteiger partial charge in [-0.1, -0.05) is 6.92 Å². The van der Waals surface area contributed by atoms with Crippen LogP contribution in [0.5, 0.6) is 0 Å². The van der Waals surface area contributed by atoms with E-state index in [4.69, 9.17) is 10.2 Å². The Hall–Kier alpha value is -0.560. The third-order valence-corrected chi connectivity index (χ3v) is 2.21. The highest BCUT2D eigenvalue weighted by atomic mass is 16.3. The molecule has 0 aromatic rings. The Kier molecular flexibility index (Phi) is 6.61. The minimum atomic E-state index is -0.532. The number of hydrogen-bond donors (Lipinski definition) is 3. The number of nitrogens with one attached hydrogen (secondary N) is 1. The average molecular weight is 185 g/mol. The molecular weight excluding hydrogens is 166 g/mol. The van der Waals surface area contributed by atoms with E-state index in [-0.39, 0.29) is 13.2 Å². The second kappa shape index (κ2) is 6.90. The first-order chi connectivity index (χ1) is 6.24. The first-order valence-electron chi connectivity index (χ1n) is 4.61. The van der Waals surface area contributed by atoms with Gasteiger partial charge in [0.1, 0.15) is 0 Å². The highest BCUT2D eigenvalue weighted by molar-refractivity contribution is 4.96. The van der Waals surface area contributed by atoms with Gasteiger partial charge in [-0.2, -0.15) is 0 Å². The van der Waals surface area contributed by atoms with Gasteiger partial charge in [0.25, 0.3) is 0 Å². The summed E-state index contributed by atoms with van der Waals surface area (Å²) in [7, 11) is 0. The van der Waals surface area contributed by atoms with Crippen molar-refractivity contribution in [2.24, 2.45) is 0 Å². The molecule has 13 heavy (non-hydrogen) atoms. The van der Waals surface area contributed by atoms with Crippen LogP contribution in [0.2, 0.25) is 0 Å². The lowest BCUT2D eigenvalue weighted by Gasteiger charge is -2.29. The van der Waals surface area contributed by atoms with Crippen molar-refractivity contribution >= 4 is 0 Å². The fourth-order valence-corrected chi connectivity index (χ4v) is 1.03. The summed E-state index contributed by atoms with van der Waals surface area (Å²) in [5.41, 5.74) is -0.532. The molecule has 0 aliphatic heterocycles. The third-order valence-electron chi connectivity index (χ3n) is 2.21. The Bertz CT molecular complexity index is 169. The zero-order valence-corrected chi connectivity index (χ0v) is 8.43. The van der Waals surface area contributed by atoms with E-state index in [1.54, 1.807) is 6.92 Å². The van der Waals surface area contributed by atoms with Crippen molar-refractivity contribution in [3.8, 4) is 11.8 Å². The molecule has 3 heteroatoms. The van der Waals surface area contributed by atoms with Crippen LogP contribution >= 0.6 is 0 Å². The molecule has 3 N–H and O–H groups in total. The molecule has 76 valence electrons. The molecule has 0 amide bonds. The summed E-state index contributed by atoms with van der Waals surface area (Å²) in [6, 6.07) is 0. The van der Waals surface area contributed by atoms with Crippen LogP contribution in [-0.4, -0.2) is 35.5 Å². The van der Waals surface area contributed by atoms with Crippen molar-refractivity contribution < 1.29 is 10.2 Å². The van der Waals surface area contributed by atoms with Crippen molar-refractivity contribution in [3.05, 3.63) is 0 Å². The van der Waals surface area contributed by atoms with Crippen LogP contribution in [0.3, 0.4) is 0 Å². The summed E-state index contributed by atoms with van der Waals surface area (Å²) in [6.45, 7) is 4.35. The molecule has 3 nitrogen and oxygen atoms in total. The first kappa shape index (κ1) is 12.4. The minimum absolute atomic E-state index is 0.0421. The predicted octanol–water partition coefficient (Wildman–Crippen LogP) is 0.123. The molecule has 0 unspecified atom stereocenters. The molecule has 0 saturated heterocycles. The van der Waals surface area contributed by atoms with Crippen molar-refractivity contribution in [2.45, 2.75) is 32.2 Å². The lowest BCUT2D eigenvalue weighted by molar-refractivity contribution is 0.0886. The standard InChI is InChI=1S/C10H19NO2/c1-3-5-6-7-11-10(4-2,8-12)9-13/h11-13H,4,6-9H2,1-2H3. The van der Waals surface area contributed by atoms with Crippen LogP contribution in [-0.2, 0) is 0 Å². The van der Waals surface area contributed by atoms with E-state index in [1.807, 2.05) is 6.92 Å². The van der Waals surface area contributed by atoms with E-state index >= 15 is 0 Å². The molecule has 0 saturated carbocycles. The van der Waals surface area contributed by atoms with E-state index in [0.29, 0.717) is 13.0 Å². The molecule has 0 aliphatic carbocycles. The first-order valence-corrected chi connectivity index (χ1v) is 4.61. The smallest absolute Gasteiger partial charge is 0.0645 e. The van der Waals surface area contributed by atoms with Gasteiger partial charge in [-0.25, -0.2) is 0 Å². The zero-order valence-electron chi connectivity index (χ0n) is 8.43. The fourth-order valence-electron chi connectivity index (χ4n) is 1.03. The van der Waals surface area contributed by atoms with Gasteiger partial charge in [0, 0.05) is 13.0 Å². The molecule has 0 fully saturated rings. The maximum absolute atomic E-state index is 9.07. The molecule has 0 radical (unpaired) electrons. The summed E-state index contributed by atoms with van der Waals surface area (Å²) < 4.78 is 0. The molecule has 0 bridgehead atoms. The van der Waals surface area contributed by atoms with Crippen LogP contribution in [0, 0.1) is 11.8 Å². The van der Waals surface area contributed by atoms with E-state index in [0.717, 1.165) is 6.42 Å². The number of hydrogen-bond acceptors (Lipinski definition) is 3. The van der Waals surface area contributed by atoms with Crippen molar-refractivity contribution in [1.29, 1.82) is 0 Å². The molecule has 0 aromatic carbocycles. The highest BCUT2D eigenvalue weighted by Gasteiger charge is 2.24. The Balaban J connectivity index is 3.85. The second-order valence-electron chi connectivity index (χ2n) is 3.05. The van der Waals surface area contributed by atoms with Crippen LogP contribution < -0.4 is 5.32 Å². The summed E-state index contributed by atoms with van der Waals surface area (Å²) >= 11 is 0. The van der Waals surface area contributed by atoms with E-state index in [1.165, 1.54) is 0 Å². The third kappa shape index (κ3) is 4.28. The fraction of sp³-hybridized carbons (Fsp3) is 0.800. The van der Waals surface area contributed by atoms with Crippen molar-refractivity contribution in [1.82, 2.24) is 5.32 Å². The number of aliphatic hydroxyl groups is 2. The van der Waals surface area contributed by atoms with E-state index in [2.05, 4.69) is 17.2 Å². The number of aliphatic hydroxyl groups excluding tert-OH is 2. The predicted molar refractivity (Wildman–Crippen MR) is 53.3 cm³/mol. The lowest BCUT2D eigenvalue weighted by Crippen LogP contribution is -2.51. The second-order valence-corrected chi connectivity index (χ2v) is 3.05. The quantitative estimate of drug-likeness (QED) is 0.407. The molecule has 0 heterocycles. The van der Waals surface area contributed by atoms with Gasteiger partial charge < -0.3 is 15.5 Å². The minimum Gasteiger partial charge on any atom is -0.394 e. The maximum Gasteiger partial charge on any atom is 0.0645 e. The Morgan fingerprint density at radius 1 is 1.31 bits per heavy atom. The summed E-state index contributed by atoms with van der Waals surface area (Å²) in [5.74, 6) is 5.71. The Labute approximate surface area is 80.2 Å². The van der Waals surface area contributed by atoms with Gasteiger partial charge in [0.2, 0.25) is 0 Å². The molecular formula is C10H19NO2. The lowest BCUT2D eigenvalue weighted by atomic mass is 9.98. The van der Waals surface area contributed by atoms with Gasteiger partial charge in [-0.3, -0.25) is 0 Å². The molecule has 0 atom stereocenters. The Morgan fingerprint density at radius 3 is 2.31 bits per heavy atom. The molecule has 0 aromatic heterocycles. The SMILES string of the molecule is CC#CCCNC(CC)(CO)CO. The summed E-state index contributed by atoms with van der Waals surface area (Å²) in [6.07, 6.45) is 1.46. The Morgan fingerprint density at radius 2 is 1.92 bits per heavy atom. The van der Waals surface area contributed by atoms with E-state index in [9.17, 15) is 0 Å². The summed E-state index contributed by atoms with van der Waals surface area (Å²) in [5, 5.41) is 21.3. The zero-order chi connectivity index (χ0) is 10.2. The molecule has 0 rings (SSSR count). The van der Waals surface area contributed by atoms with Crippen LogP contribution in [0.4, 0.5) is 0 Å². The van der Waals surface area contributed by atoms with Crippen molar-refractivity contribution in [2.75, 3.05) is 19.8 Å². The van der Waals surface area contributed by atoms with Crippen molar-refractivity contribution in [3.63, 3.8) is 0 Å². The molecule has 0 aliphatic rings. The van der Waals surface area contributed by atoms with Gasteiger partial charge in [0.15, 0.2) is 0 Å². The van der Waals surface area contributed by atoms with Crippen LogP contribution in [0.15, 0.2) is 0 Å². The topological polar surface area (TPSA) is 52.5 Å². The molecule has 0 spiro atoms. The number of rotatable bonds is 6. The van der Waals surface area contributed by atoms with E-state index < -0.39 is 5.54 Å². The largest absolute Gasteiger partial charge is 0.394 e. The van der Waals surface area contributed by atoms with Gasteiger partial charge in [-0.15, -0.1) is 11.8 Å². The van der Waals surface area contributed by atoms with Crippen LogP contribution in [0.1, 0.15) is 26.7 Å².